The third-order valence-corrected chi connectivity index (χ3v) is 3.01. The number of aryl methyl sites for hydroxylation is 1. The van der Waals surface area contributed by atoms with Crippen molar-refractivity contribution < 1.29 is 9.94 Å². The summed E-state index contributed by atoms with van der Waals surface area (Å²) in [5.41, 5.74) is 8.49. The highest BCUT2D eigenvalue weighted by atomic mass is 16.5. The number of oxime groups is 1. The van der Waals surface area contributed by atoms with E-state index in [-0.39, 0.29) is 11.4 Å². The van der Waals surface area contributed by atoms with Crippen LogP contribution in [-0.4, -0.2) is 30.3 Å². The van der Waals surface area contributed by atoms with E-state index >= 15 is 0 Å². The van der Waals surface area contributed by atoms with Crippen molar-refractivity contribution in [2.75, 3.05) is 13.7 Å². The Morgan fingerprint density at radius 1 is 1.47 bits per heavy atom. The quantitative estimate of drug-likeness (QED) is 0.316. The van der Waals surface area contributed by atoms with E-state index in [1.54, 1.807) is 7.11 Å². The van der Waals surface area contributed by atoms with Gasteiger partial charge >= 0.3 is 0 Å². The molecule has 0 spiro atoms. The van der Waals surface area contributed by atoms with Gasteiger partial charge in [0.05, 0.1) is 6.61 Å². The summed E-state index contributed by atoms with van der Waals surface area (Å²) in [6.07, 6.45) is 0. The zero-order valence-electron chi connectivity index (χ0n) is 12.0. The third kappa shape index (κ3) is 4.54. The van der Waals surface area contributed by atoms with E-state index in [4.69, 9.17) is 15.7 Å². The minimum Gasteiger partial charge on any atom is -0.409 e. The van der Waals surface area contributed by atoms with E-state index in [9.17, 15) is 0 Å². The molecule has 0 fully saturated rings. The van der Waals surface area contributed by atoms with Crippen molar-refractivity contribution >= 4 is 5.84 Å². The topological polar surface area (TPSA) is 79.9 Å². The second-order valence-corrected chi connectivity index (χ2v) is 5.30. The number of amidine groups is 1. The zero-order valence-corrected chi connectivity index (χ0v) is 12.0. The lowest BCUT2D eigenvalue weighted by Crippen LogP contribution is -2.42. The molecule has 0 unspecified atom stereocenters. The van der Waals surface area contributed by atoms with Gasteiger partial charge in [0.25, 0.3) is 0 Å². The van der Waals surface area contributed by atoms with Crippen LogP contribution in [0.3, 0.4) is 0 Å². The first kappa shape index (κ1) is 15.5. The first-order valence-corrected chi connectivity index (χ1v) is 6.21. The molecular weight excluding hydrogens is 242 g/mol. The number of hydrogen-bond donors (Lipinski definition) is 3. The van der Waals surface area contributed by atoms with E-state index in [1.807, 2.05) is 25.1 Å². The fourth-order valence-electron chi connectivity index (χ4n) is 1.86. The van der Waals surface area contributed by atoms with Gasteiger partial charge in [0, 0.05) is 24.8 Å². The van der Waals surface area contributed by atoms with Crippen LogP contribution in [0.5, 0.6) is 0 Å². The van der Waals surface area contributed by atoms with Crippen LogP contribution in [-0.2, 0) is 11.3 Å². The minimum absolute atomic E-state index is 0.0779. The van der Waals surface area contributed by atoms with Crippen LogP contribution in [0.15, 0.2) is 23.4 Å². The summed E-state index contributed by atoms with van der Waals surface area (Å²) in [5, 5.41) is 15.1. The second-order valence-electron chi connectivity index (χ2n) is 5.30. The van der Waals surface area contributed by atoms with Gasteiger partial charge in [-0.05, 0) is 38.0 Å². The van der Waals surface area contributed by atoms with Crippen LogP contribution < -0.4 is 11.1 Å². The molecule has 0 saturated carbocycles. The van der Waals surface area contributed by atoms with Gasteiger partial charge in [-0.3, -0.25) is 0 Å². The molecule has 1 aromatic carbocycles. The van der Waals surface area contributed by atoms with Gasteiger partial charge < -0.3 is 21.0 Å². The van der Waals surface area contributed by atoms with Crippen LogP contribution in [0.25, 0.3) is 0 Å². The highest BCUT2D eigenvalue weighted by Crippen LogP contribution is 2.13. The van der Waals surface area contributed by atoms with Gasteiger partial charge in [-0.25, -0.2) is 0 Å². The van der Waals surface area contributed by atoms with Crippen LogP contribution >= 0.6 is 0 Å². The van der Waals surface area contributed by atoms with Gasteiger partial charge in [-0.15, -0.1) is 0 Å². The standard InChI is InChI=1S/C14H23N3O2/c1-10-7-11(13(15)17-18)5-6-12(10)8-16-14(2,3)9-19-4/h5-7,16,18H,8-9H2,1-4H3,(H2,15,17). The molecule has 1 aromatic rings. The zero-order chi connectivity index (χ0) is 14.5. The molecule has 0 amide bonds. The Labute approximate surface area is 114 Å². The Hall–Kier alpha value is -1.59. The highest BCUT2D eigenvalue weighted by Gasteiger charge is 2.16. The highest BCUT2D eigenvalue weighted by molar-refractivity contribution is 5.97. The van der Waals surface area contributed by atoms with Crippen molar-refractivity contribution in [2.24, 2.45) is 10.9 Å². The van der Waals surface area contributed by atoms with Gasteiger partial charge in [-0.1, -0.05) is 17.3 Å². The van der Waals surface area contributed by atoms with E-state index < -0.39 is 0 Å². The first-order chi connectivity index (χ1) is 8.89. The number of benzene rings is 1. The van der Waals surface area contributed by atoms with Crippen LogP contribution in [0.1, 0.15) is 30.5 Å². The Kier molecular flexibility index (Phi) is 5.32. The Bertz CT molecular complexity index is 456. The van der Waals surface area contributed by atoms with Crippen LogP contribution in [0, 0.1) is 6.92 Å². The fraction of sp³-hybridized carbons (Fsp3) is 0.500. The molecule has 0 atom stereocenters. The number of rotatable bonds is 6. The molecule has 0 aliphatic heterocycles. The van der Waals surface area contributed by atoms with Gasteiger partial charge in [-0.2, -0.15) is 0 Å². The normalized spacial score (nSPS) is 12.7. The fourth-order valence-corrected chi connectivity index (χ4v) is 1.86. The molecule has 1 rings (SSSR count). The van der Waals surface area contributed by atoms with E-state index in [0.717, 1.165) is 17.7 Å². The molecule has 0 aliphatic carbocycles. The summed E-state index contributed by atoms with van der Waals surface area (Å²) in [7, 11) is 1.69. The average Bonchev–Trinajstić information content (AvgIpc) is 2.36. The van der Waals surface area contributed by atoms with Gasteiger partial charge in [0.1, 0.15) is 0 Å². The molecule has 19 heavy (non-hydrogen) atoms. The molecule has 106 valence electrons. The summed E-state index contributed by atoms with van der Waals surface area (Å²) in [6.45, 7) is 7.59. The Morgan fingerprint density at radius 3 is 2.68 bits per heavy atom. The molecule has 0 saturated heterocycles. The number of hydrogen-bond acceptors (Lipinski definition) is 4. The van der Waals surface area contributed by atoms with Gasteiger partial charge in [0.2, 0.25) is 0 Å². The molecule has 0 aromatic heterocycles. The molecule has 0 bridgehead atoms. The first-order valence-electron chi connectivity index (χ1n) is 6.21. The van der Waals surface area contributed by atoms with Crippen LogP contribution in [0.2, 0.25) is 0 Å². The number of nitrogens with two attached hydrogens (primary N) is 1. The molecule has 0 aliphatic rings. The molecule has 5 nitrogen and oxygen atoms in total. The number of methoxy groups -OCH3 is 1. The van der Waals surface area contributed by atoms with Gasteiger partial charge in [0.15, 0.2) is 5.84 Å². The lowest BCUT2D eigenvalue weighted by atomic mass is 10.0. The lowest BCUT2D eigenvalue weighted by molar-refractivity contribution is 0.127. The molecule has 4 N–H and O–H groups in total. The second kappa shape index (κ2) is 6.54. The maximum atomic E-state index is 8.65. The van der Waals surface area contributed by atoms with Crippen molar-refractivity contribution in [1.29, 1.82) is 0 Å². The summed E-state index contributed by atoms with van der Waals surface area (Å²) >= 11 is 0. The maximum absolute atomic E-state index is 8.65. The molecule has 0 radical (unpaired) electrons. The van der Waals surface area contributed by atoms with Crippen molar-refractivity contribution in [2.45, 2.75) is 32.9 Å². The van der Waals surface area contributed by atoms with Crippen molar-refractivity contribution in [3.8, 4) is 0 Å². The van der Waals surface area contributed by atoms with E-state index in [1.165, 1.54) is 5.56 Å². The summed E-state index contributed by atoms with van der Waals surface area (Å²) in [5.74, 6) is 0.127. The smallest absolute Gasteiger partial charge is 0.170 e. The third-order valence-electron chi connectivity index (χ3n) is 3.01. The summed E-state index contributed by atoms with van der Waals surface area (Å²) in [6, 6.07) is 5.75. The predicted octanol–water partition coefficient (Wildman–Crippen LogP) is 1.60. The minimum atomic E-state index is -0.0779. The summed E-state index contributed by atoms with van der Waals surface area (Å²) in [4.78, 5) is 0. The lowest BCUT2D eigenvalue weighted by Gasteiger charge is -2.26. The maximum Gasteiger partial charge on any atom is 0.170 e. The van der Waals surface area contributed by atoms with Crippen molar-refractivity contribution in [3.63, 3.8) is 0 Å². The van der Waals surface area contributed by atoms with Crippen LogP contribution in [0.4, 0.5) is 0 Å². The average molecular weight is 265 g/mol. The van der Waals surface area contributed by atoms with Crippen molar-refractivity contribution in [1.82, 2.24) is 5.32 Å². The summed E-state index contributed by atoms with van der Waals surface area (Å²) < 4.78 is 5.17. The SMILES string of the molecule is COCC(C)(C)NCc1ccc(/C(N)=N/O)cc1C. The predicted molar refractivity (Wildman–Crippen MR) is 76.5 cm³/mol. The number of ether oxygens (including phenoxy) is 1. The van der Waals surface area contributed by atoms with E-state index in [2.05, 4.69) is 24.3 Å². The Balaban J connectivity index is 2.76. The Morgan fingerprint density at radius 2 is 2.16 bits per heavy atom. The molecular formula is C14H23N3O2. The number of nitrogens with one attached hydrogen (secondary N) is 1. The molecule has 0 heterocycles. The largest absolute Gasteiger partial charge is 0.409 e. The van der Waals surface area contributed by atoms with E-state index in [0.29, 0.717) is 6.61 Å². The monoisotopic (exact) mass is 265 g/mol. The van der Waals surface area contributed by atoms with Crippen molar-refractivity contribution in [3.05, 3.63) is 34.9 Å². The molecule has 5 heteroatoms. The number of nitrogens with zero attached hydrogens (tertiary/aromatic N) is 1.